The van der Waals surface area contributed by atoms with Gasteiger partial charge in [0, 0.05) is 61.3 Å². The van der Waals surface area contributed by atoms with Crippen LogP contribution in [0.3, 0.4) is 0 Å². The summed E-state index contributed by atoms with van der Waals surface area (Å²) < 4.78 is 5.64. The molecule has 5 heterocycles. The van der Waals surface area contributed by atoms with Gasteiger partial charge >= 0.3 is 6.03 Å². The maximum atomic E-state index is 12.8. The number of nitrogens with one attached hydrogen (secondary N) is 1. The van der Waals surface area contributed by atoms with E-state index in [9.17, 15) is 4.79 Å². The number of nitrogen functional groups attached to an aromatic ring is 1. The van der Waals surface area contributed by atoms with E-state index in [0.29, 0.717) is 25.7 Å². The number of morpholine rings is 1. The van der Waals surface area contributed by atoms with Gasteiger partial charge in [0.15, 0.2) is 0 Å². The lowest BCUT2D eigenvalue weighted by molar-refractivity contribution is 0.0981. The number of likely N-dealkylation sites (tertiary alicyclic amines) is 1. The monoisotopic (exact) mass is 481 g/mol. The van der Waals surface area contributed by atoms with Crippen LogP contribution >= 0.6 is 0 Å². The predicted molar refractivity (Wildman–Crippen MR) is 134 cm³/mol. The number of carbonyl (C=O) groups is 1. The molecule has 0 aliphatic carbocycles. The van der Waals surface area contributed by atoms with Crippen LogP contribution < -0.4 is 20.9 Å². The third-order valence-electron chi connectivity index (χ3n) is 6.79. The third kappa shape index (κ3) is 4.82. The zero-order chi connectivity index (χ0) is 24.7. The lowest BCUT2D eigenvalue weighted by Gasteiger charge is -2.34. The SMILES string of the molecule is CC1COCCN1c1nc(-c2cnc(N)nc2)c2c(n1)N(C1CCN(C(=O)NC(C)(C)C)C1)CC2. The first-order valence-electron chi connectivity index (χ1n) is 12.4. The highest BCUT2D eigenvalue weighted by Gasteiger charge is 2.37. The van der Waals surface area contributed by atoms with Crippen LogP contribution in [0.25, 0.3) is 11.3 Å². The molecule has 0 radical (unpaired) electrons. The molecule has 3 aliphatic heterocycles. The van der Waals surface area contributed by atoms with Gasteiger partial charge in [0.05, 0.1) is 24.9 Å². The number of nitrogens with zero attached hydrogens (tertiary/aromatic N) is 7. The van der Waals surface area contributed by atoms with E-state index in [0.717, 1.165) is 55.1 Å². The normalized spacial score (nSPS) is 22.5. The Kier molecular flexibility index (Phi) is 6.12. The molecule has 0 saturated carbocycles. The molecule has 188 valence electrons. The maximum absolute atomic E-state index is 12.8. The predicted octanol–water partition coefficient (Wildman–Crippen LogP) is 1.69. The molecule has 3 N–H and O–H groups in total. The first-order valence-corrected chi connectivity index (χ1v) is 12.4. The van der Waals surface area contributed by atoms with E-state index in [1.807, 2.05) is 25.7 Å². The largest absolute Gasteiger partial charge is 0.377 e. The van der Waals surface area contributed by atoms with Gasteiger partial charge in [-0.15, -0.1) is 0 Å². The average molecular weight is 482 g/mol. The Hall–Kier alpha value is -3.21. The van der Waals surface area contributed by atoms with E-state index in [4.69, 9.17) is 20.4 Å². The number of ether oxygens (including phenoxy) is 1. The van der Waals surface area contributed by atoms with Crippen molar-refractivity contribution in [2.75, 3.05) is 54.9 Å². The lowest BCUT2D eigenvalue weighted by atomic mass is 10.1. The Morgan fingerprint density at radius 1 is 1.14 bits per heavy atom. The molecule has 2 atom stereocenters. The van der Waals surface area contributed by atoms with Crippen molar-refractivity contribution in [3.8, 4) is 11.3 Å². The fourth-order valence-electron chi connectivity index (χ4n) is 5.05. The molecule has 2 aromatic rings. The van der Waals surface area contributed by atoms with Crippen LogP contribution in [0.2, 0.25) is 0 Å². The van der Waals surface area contributed by atoms with Crippen LogP contribution in [0.1, 0.15) is 39.7 Å². The van der Waals surface area contributed by atoms with Gasteiger partial charge < -0.3 is 30.5 Å². The smallest absolute Gasteiger partial charge is 0.317 e. The Labute approximate surface area is 206 Å². The van der Waals surface area contributed by atoms with Gasteiger partial charge in [0.1, 0.15) is 5.82 Å². The van der Waals surface area contributed by atoms with E-state index >= 15 is 0 Å². The van der Waals surface area contributed by atoms with Gasteiger partial charge in [-0.2, -0.15) is 4.98 Å². The molecule has 11 nitrogen and oxygen atoms in total. The molecule has 2 unspecified atom stereocenters. The molecule has 0 bridgehead atoms. The summed E-state index contributed by atoms with van der Waals surface area (Å²) in [6.45, 7) is 12.4. The summed E-state index contributed by atoms with van der Waals surface area (Å²) in [5, 5.41) is 3.08. The van der Waals surface area contributed by atoms with Gasteiger partial charge in [-0.25, -0.2) is 19.7 Å². The van der Waals surface area contributed by atoms with Crippen molar-refractivity contribution in [2.24, 2.45) is 0 Å². The van der Waals surface area contributed by atoms with Gasteiger partial charge in [-0.05, 0) is 40.5 Å². The second-order valence-electron chi connectivity index (χ2n) is 10.6. The number of aromatic nitrogens is 4. The number of hydrogen-bond donors (Lipinski definition) is 2. The van der Waals surface area contributed by atoms with Crippen LogP contribution in [-0.4, -0.2) is 87.9 Å². The van der Waals surface area contributed by atoms with Gasteiger partial charge in [-0.1, -0.05) is 0 Å². The van der Waals surface area contributed by atoms with Crippen LogP contribution in [0.4, 0.5) is 22.5 Å². The Morgan fingerprint density at radius 3 is 2.63 bits per heavy atom. The van der Waals surface area contributed by atoms with Gasteiger partial charge in [-0.3, -0.25) is 0 Å². The fourth-order valence-corrected chi connectivity index (χ4v) is 5.05. The Morgan fingerprint density at radius 2 is 1.91 bits per heavy atom. The summed E-state index contributed by atoms with van der Waals surface area (Å²) in [5.74, 6) is 1.88. The van der Waals surface area contributed by atoms with E-state index < -0.39 is 0 Å². The van der Waals surface area contributed by atoms with Crippen molar-refractivity contribution in [1.29, 1.82) is 0 Å². The van der Waals surface area contributed by atoms with Gasteiger partial charge in [0.2, 0.25) is 11.9 Å². The quantitative estimate of drug-likeness (QED) is 0.673. The zero-order valence-electron chi connectivity index (χ0n) is 21.0. The first-order chi connectivity index (χ1) is 16.7. The highest BCUT2D eigenvalue weighted by molar-refractivity contribution is 5.76. The van der Waals surface area contributed by atoms with Crippen LogP contribution in [-0.2, 0) is 11.2 Å². The van der Waals surface area contributed by atoms with E-state index in [1.54, 1.807) is 12.4 Å². The number of anilines is 3. The van der Waals surface area contributed by atoms with Crippen molar-refractivity contribution in [1.82, 2.24) is 30.2 Å². The van der Waals surface area contributed by atoms with E-state index in [-0.39, 0.29) is 29.6 Å². The highest BCUT2D eigenvalue weighted by Crippen LogP contribution is 2.38. The Balaban J connectivity index is 1.47. The second-order valence-corrected chi connectivity index (χ2v) is 10.6. The molecule has 2 saturated heterocycles. The number of fused-ring (bicyclic) bond motifs is 1. The second kappa shape index (κ2) is 9.10. The van der Waals surface area contributed by atoms with Crippen molar-refractivity contribution in [2.45, 2.75) is 58.2 Å². The fraction of sp³-hybridized carbons (Fsp3) is 0.625. The standard InChI is InChI=1S/C24H35N9O2/c1-15-14-35-10-9-32(15)22-28-19(16-11-26-21(25)27-12-16)18-6-8-33(20(18)29-22)17-5-7-31(13-17)23(34)30-24(2,3)4/h11-12,15,17H,5-10,13-14H2,1-4H3,(H,30,34)(H2,25,26,27). The summed E-state index contributed by atoms with van der Waals surface area (Å²) in [6.07, 6.45) is 5.20. The molecule has 2 amide bonds. The van der Waals surface area contributed by atoms with Crippen molar-refractivity contribution in [3.05, 3.63) is 18.0 Å². The minimum atomic E-state index is -0.261. The van der Waals surface area contributed by atoms with Crippen molar-refractivity contribution < 1.29 is 9.53 Å². The highest BCUT2D eigenvalue weighted by atomic mass is 16.5. The summed E-state index contributed by atoms with van der Waals surface area (Å²) in [5.41, 5.74) is 8.26. The summed E-state index contributed by atoms with van der Waals surface area (Å²) >= 11 is 0. The van der Waals surface area contributed by atoms with Crippen LogP contribution in [0.5, 0.6) is 0 Å². The molecular weight excluding hydrogens is 446 g/mol. The number of carbonyl (C=O) groups excluding carboxylic acids is 1. The number of amides is 2. The first kappa shape index (κ1) is 23.5. The number of hydrogen-bond acceptors (Lipinski definition) is 9. The molecule has 11 heteroatoms. The topological polar surface area (TPSA) is 126 Å². The number of rotatable bonds is 3. The summed E-state index contributed by atoms with van der Waals surface area (Å²) in [7, 11) is 0. The summed E-state index contributed by atoms with van der Waals surface area (Å²) in [6, 6.07) is 0.377. The Bertz CT molecular complexity index is 1090. The molecule has 0 aromatic carbocycles. The average Bonchev–Trinajstić information content (AvgIpc) is 3.45. The zero-order valence-corrected chi connectivity index (χ0v) is 21.0. The number of urea groups is 1. The lowest BCUT2D eigenvalue weighted by Crippen LogP contribution is -2.48. The van der Waals surface area contributed by atoms with E-state index in [1.165, 1.54) is 0 Å². The van der Waals surface area contributed by atoms with Crippen LogP contribution in [0.15, 0.2) is 12.4 Å². The molecule has 35 heavy (non-hydrogen) atoms. The van der Waals surface area contributed by atoms with Crippen molar-refractivity contribution >= 4 is 23.7 Å². The minimum absolute atomic E-state index is 0.00958. The van der Waals surface area contributed by atoms with Crippen LogP contribution in [0, 0.1) is 0 Å². The molecule has 0 spiro atoms. The van der Waals surface area contributed by atoms with Gasteiger partial charge in [0.25, 0.3) is 0 Å². The number of nitrogens with two attached hydrogens (primary N) is 1. The maximum Gasteiger partial charge on any atom is 0.317 e. The van der Waals surface area contributed by atoms with E-state index in [2.05, 4.69) is 32.0 Å². The molecule has 2 aromatic heterocycles. The molecule has 5 rings (SSSR count). The third-order valence-corrected chi connectivity index (χ3v) is 6.79. The van der Waals surface area contributed by atoms with Crippen molar-refractivity contribution in [3.63, 3.8) is 0 Å². The molecule has 3 aliphatic rings. The molecular formula is C24H35N9O2. The molecule has 2 fully saturated rings. The minimum Gasteiger partial charge on any atom is -0.377 e. The summed E-state index contributed by atoms with van der Waals surface area (Å²) in [4.78, 5) is 37.7.